The van der Waals surface area contributed by atoms with Crippen LogP contribution in [0.1, 0.15) is 5.56 Å². The molecule has 10 aromatic rings. The molecule has 0 spiro atoms. The molecule has 254 valence electrons. The molecule has 0 bridgehead atoms. The number of nitrogens with zero attached hydrogens (tertiary/aromatic N) is 3. The van der Waals surface area contributed by atoms with E-state index in [1.807, 2.05) is 12.2 Å². The van der Waals surface area contributed by atoms with E-state index in [0.717, 1.165) is 22.8 Å². The molecule has 0 N–H and O–H groups in total. The minimum absolute atomic E-state index is 0.0950. The maximum absolute atomic E-state index is 4.84. The van der Waals surface area contributed by atoms with Crippen molar-refractivity contribution in [3.8, 4) is 22.3 Å². The summed E-state index contributed by atoms with van der Waals surface area (Å²) in [6.45, 7) is 0. The average Bonchev–Trinajstić information content (AvgIpc) is 3.69. The van der Waals surface area contributed by atoms with Crippen LogP contribution in [0.2, 0.25) is 0 Å². The van der Waals surface area contributed by atoms with Crippen molar-refractivity contribution in [1.29, 1.82) is 0 Å². The Bertz CT molecular complexity index is 3360. The zero-order valence-corrected chi connectivity index (χ0v) is 29.7. The first-order chi connectivity index (χ1) is 27.3. The minimum atomic E-state index is -0.0950. The van der Waals surface area contributed by atoms with E-state index in [9.17, 15) is 0 Å². The van der Waals surface area contributed by atoms with Gasteiger partial charge in [0.2, 0.25) is 0 Å². The molecule has 0 saturated heterocycles. The van der Waals surface area contributed by atoms with Crippen LogP contribution in [0.5, 0.6) is 0 Å². The van der Waals surface area contributed by atoms with Gasteiger partial charge < -0.3 is 0 Å². The van der Waals surface area contributed by atoms with Crippen molar-refractivity contribution in [2.45, 2.75) is 6.04 Å². The SMILES string of the molecule is C1=CC2N=C(c3ccc(-c4c5ccccc5c(-c5cc6cccc7c8ccccc8c8ccccc8c8cccc5c8c67)c5ccccc45)cc3)N=C2N=C1. The van der Waals surface area contributed by atoms with E-state index in [-0.39, 0.29) is 6.04 Å². The van der Waals surface area contributed by atoms with Gasteiger partial charge in [0.05, 0.1) is 0 Å². The number of dihydropyridines is 1. The lowest BCUT2D eigenvalue weighted by molar-refractivity contribution is 1.09. The molecule has 0 fully saturated rings. The number of rotatable bonds is 3. The van der Waals surface area contributed by atoms with Crippen molar-refractivity contribution >= 4 is 93.3 Å². The average molecular weight is 698 g/mol. The lowest BCUT2D eigenvalue weighted by Crippen LogP contribution is -2.12. The molecule has 2 aliphatic rings. The van der Waals surface area contributed by atoms with Crippen LogP contribution in [-0.4, -0.2) is 23.9 Å². The van der Waals surface area contributed by atoms with Gasteiger partial charge in [-0.25, -0.2) is 9.98 Å². The summed E-state index contributed by atoms with van der Waals surface area (Å²) < 4.78 is 0. The Hall–Kier alpha value is -7.23. The Morgan fingerprint density at radius 2 is 0.891 bits per heavy atom. The molecule has 2 heterocycles. The molecule has 3 nitrogen and oxygen atoms in total. The monoisotopic (exact) mass is 697 g/mol. The molecular weight excluding hydrogens is 667 g/mol. The second-order valence-corrected chi connectivity index (χ2v) is 14.6. The fraction of sp³-hybridized carbons (Fsp3) is 0.0192. The highest BCUT2D eigenvalue weighted by Gasteiger charge is 2.24. The summed E-state index contributed by atoms with van der Waals surface area (Å²) in [5.41, 5.74) is 5.90. The largest absolute Gasteiger partial charge is 0.250 e. The number of amidine groups is 2. The molecule has 0 amide bonds. The number of allylic oxidation sites excluding steroid dienone is 1. The molecule has 1 atom stereocenters. The summed E-state index contributed by atoms with van der Waals surface area (Å²) in [4.78, 5) is 14.0. The quantitative estimate of drug-likeness (QED) is 0.130. The van der Waals surface area contributed by atoms with Crippen LogP contribution in [0.25, 0.3) is 97.7 Å². The van der Waals surface area contributed by atoms with Crippen molar-refractivity contribution < 1.29 is 0 Å². The Balaban J connectivity index is 1.17. The third kappa shape index (κ3) is 4.41. The molecule has 12 rings (SSSR count). The molecule has 55 heavy (non-hydrogen) atoms. The van der Waals surface area contributed by atoms with Crippen LogP contribution < -0.4 is 0 Å². The molecule has 0 saturated carbocycles. The van der Waals surface area contributed by atoms with E-state index < -0.39 is 0 Å². The van der Waals surface area contributed by atoms with Gasteiger partial charge in [0.15, 0.2) is 11.7 Å². The summed E-state index contributed by atoms with van der Waals surface area (Å²) >= 11 is 0. The summed E-state index contributed by atoms with van der Waals surface area (Å²) in [5, 5.41) is 17.7. The fourth-order valence-corrected chi connectivity index (χ4v) is 9.37. The Morgan fingerprint density at radius 1 is 0.400 bits per heavy atom. The molecule has 0 radical (unpaired) electrons. The van der Waals surface area contributed by atoms with Crippen LogP contribution in [0.15, 0.2) is 191 Å². The number of benzene rings is 9. The van der Waals surface area contributed by atoms with Crippen molar-refractivity contribution in [3.05, 3.63) is 182 Å². The number of hydrogen-bond acceptors (Lipinski definition) is 3. The van der Waals surface area contributed by atoms with E-state index >= 15 is 0 Å². The van der Waals surface area contributed by atoms with Gasteiger partial charge in [-0.15, -0.1) is 0 Å². The highest BCUT2D eigenvalue weighted by Crippen LogP contribution is 2.49. The molecule has 0 aromatic heterocycles. The van der Waals surface area contributed by atoms with Gasteiger partial charge >= 0.3 is 0 Å². The molecule has 2 aliphatic heterocycles. The lowest BCUT2D eigenvalue weighted by atomic mass is 9.82. The van der Waals surface area contributed by atoms with Crippen LogP contribution in [0.3, 0.4) is 0 Å². The lowest BCUT2D eigenvalue weighted by Gasteiger charge is -2.21. The summed E-state index contributed by atoms with van der Waals surface area (Å²) in [6.07, 6.45) is 5.76. The predicted octanol–water partition coefficient (Wildman–Crippen LogP) is 13.3. The number of hydrogen-bond donors (Lipinski definition) is 0. The highest BCUT2D eigenvalue weighted by molar-refractivity contribution is 6.36. The standard InChI is InChI=1S/C52H31N3/c1-3-15-36-34(13-1)35-14-2-4-16-37(35)39-22-10-23-44-45(30-33-12-9-21-38(36)48(33)50(39)44)49-42-19-7-5-17-40(42)47(41-18-6-8-20-43(41)49)31-25-27-32(28-26-31)51-54-46-24-11-29-53-52(46)55-51/h1-30,46H. The van der Waals surface area contributed by atoms with Crippen molar-refractivity contribution in [1.82, 2.24) is 0 Å². The Labute approximate surface area is 316 Å². The van der Waals surface area contributed by atoms with Crippen molar-refractivity contribution in [2.24, 2.45) is 15.0 Å². The topological polar surface area (TPSA) is 37.1 Å². The van der Waals surface area contributed by atoms with Gasteiger partial charge in [-0.1, -0.05) is 164 Å². The van der Waals surface area contributed by atoms with Gasteiger partial charge in [-0.2, -0.15) is 0 Å². The minimum Gasteiger partial charge on any atom is -0.250 e. The smallest absolute Gasteiger partial charge is 0.159 e. The highest BCUT2D eigenvalue weighted by atomic mass is 15.1. The summed E-state index contributed by atoms with van der Waals surface area (Å²) in [7, 11) is 0. The van der Waals surface area contributed by atoms with Crippen LogP contribution in [0.4, 0.5) is 0 Å². The molecule has 0 aliphatic carbocycles. The Morgan fingerprint density at radius 3 is 1.51 bits per heavy atom. The van der Waals surface area contributed by atoms with Gasteiger partial charge in [0.1, 0.15) is 6.04 Å². The molecule has 10 aromatic carbocycles. The zero-order valence-electron chi connectivity index (χ0n) is 29.7. The maximum atomic E-state index is 4.84. The van der Waals surface area contributed by atoms with Crippen molar-refractivity contribution in [2.75, 3.05) is 0 Å². The summed E-state index contributed by atoms with van der Waals surface area (Å²) in [6, 6.07) is 60.5. The first-order valence-corrected chi connectivity index (χ1v) is 18.9. The van der Waals surface area contributed by atoms with E-state index in [2.05, 4.69) is 169 Å². The summed E-state index contributed by atoms with van der Waals surface area (Å²) in [5.74, 6) is 1.49. The van der Waals surface area contributed by atoms with E-state index in [1.165, 1.54) is 92.1 Å². The maximum Gasteiger partial charge on any atom is 0.159 e. The predicted molar refractivity (Wildman–Crippen MR) is 235 cm³/mol. The van der Waals surface area contributed by atoms with Crippen LogP contribution in [0, 0.1) is 0 Å². The van der Waals surface area contributed by atoms with Gasteiger partial charge in [-0.3, -0.25) is 4.99 Å². The van der Waals surface area contributed by atoms with Gasteiger partial charge in [0.25, 0.3) is 0 Å². The van der Waals surface area contributed by atoms with Crippen LogP contribution >= 0.6 is 0 Å². The molecule has 3 heteroatoms. The zero-order chi connectivity index (χ0) is 36.0. The van der Waals surface area contributed by atoms with Crippen molar-refractivity contribution in [3.63, 3.8) is 0 Å². The second kappa shape index (κ2) is 11.6. The first kappa shape index (κ1) is 30.3. The third-order valence-corrected chi connectivity index (χ3v) is 11.7. The third-order valence-electron chi connectivity index (χ3n) is 11.7. The van der Waals surface area contributed by atoms with E-state index in [1.54, 1.807) is 6.21 Å². The van der Waals surface area contributed by atoms with Gasteiger partial charge in [-0.05, 0) is 110 Å². The first-order valence-electron chi connectivity index (χ1n) is 18.9. The molecule has 1 unspecified atom stereocenters. The van der Waals surface area contributed by atoms with Crippen LogP contribution in [-0.2, 0) is 0 Å². The van der Waals surface area contributed by atoms with Gasteiger partial charge in [0, 0.05) is 11.8 Å². The number of aliphatic imine (C=N–C) groups is 3. The fourth-order valence-electron chi connectivity index (χ4n) is 9.37. The second-order valence-electron chi connectivity index (χ2n) is 14.6. The Kier molecular flexibility index (Phi) is 6.40. The van der Waals surface area contributed by atoms with E-state index in [0.29, 0.717) is 0 Å². The molecular formula is C52H31N3. The van der Waals surface area contributed by atoms with E-state index in [4.69, 9.17) is 9.98 Å². The number of fused-ring (bicyclic) bond motifs is 8. The normalized spacial score (nSPS) is 15.2.